The Kier molecular flexibility index (Phi) is 4.51. The number of rotatable bonds is 4. The number of anilines is 1. The third-order valence-corrected chi connectivity index (χ3v) is 4.03. The number of hydrogen-bond donors (Lipinski definition) is 1. The Bertz CT molecular complexity index is 385. The minimum Gasteiger partial charge on any atom is -0.389 e. The second-order valence-corrected chi connectivity index (χ2v) is 6.59. The summed E-state index contributed by atoms with van der Waals surface area (Å²) in [6, 6.07) is 8.92. The van der Waals surface area contributed by atoms with Crippen molar-refractivity contribution in [3.63, 3.8) is 0 Å². The molecule has 1 aromatic rings. The van der Waals surface area contributed by atoms with Gasteiger partial charge in [-0.15, -0.1) is 0 Å². The molecule has 0 unspecified atom stereocenters. The van der Waals surface area contributed by atoms with Crippen LogP contribution in [0.25, 0.3) is 0 Å². The molecule has 0 saturated heterocycles. The van der Waals surface area contributed by atoms with E-state index in [9.17, 15) is 5.11 Å². The van der Waals surface area contributed by atoms with E-state index in [4.69, 9.17) is 0 Å². The highest BCUT2D eigenvalue weighted by molar-refractivity contribution is 5.47. The Morgan fingerprint density at radius 3 is 2.21 bits per heavy atom. The zero-order chi connectivity index (χ0) is 13.9. The van der Waals surface area contributed by atoms with Gasteiger partial charge in [0.05, 0.1) is 5.60 Å². The van der Waals surface area contributed by atoms with E-state index in [1.54, 1.807) is 0 Å². The van der Waals surface area contributed by atoms with Gasteiger partial charge in [0.1, 0.15) is 0 Å². The van der Waals surface area contributed by atoms with Crippen molar-refractivity contribution < 1.29 is 5.11 Å². The molecule has 0 amide bonds. The zero-order valence-electron chi connectivity index (χ0n) is 12.5. The van der Waals surface area contributed by atoms with Crippen LogP contribution in [-0.2, 0) is 0 Å². The molecule has 1 aromatic carbocycles. The van der Waals surface area contributed by atoms with E-state index in [0.29, 0.717) is 6.54 Å². The highest BCUT2D eigenvalue weighted by Crippen LogP contribution is 2.33. The molecule has 0 atom stereocenters. The average Bonchev–Trinajstić information content (AvgIpc) is 2.38. The Labute approximate surface area is 117 Å². The quantitative estimate of drug-likeness (QED) is 0.887. The molecule has 1 aliphatic rings. The van der Waals surface area contributed by atoms with Crippen molar-refractivity contribution in [2.45, 2.75) is 57.5 Å². The van der Waals surface area contributed by atoms with Crippen molar-refractivity contribution in [1.29, 1.82) is 0 Å². The van der Waals surface area contributed by atoms with Crippen LogP contribution in [0.5, 0.6) is 0 Å². The summed E-state index contributed by atoms with van der Waals surface area (Å²) in [5.74, 6) is 0.766. The molecule has 19 heavy (non-hydrogen) atoms. The molecule has 2 heteroatoms. The third kappa shape index (κ3) is 4.24. The maximum Gasteiger partial charge on any atom is 0.0765 e. The number of nitrogens with zero attached hydrogens (tertiary/aromatic N) is 1. The standard InChI is InChI=1S/C17H27NO/c1-17(2,19)13-18(3)16-11-9-15(10-12-16)14-7-5-4-6-8-14/h9-12,14,19H,4-8,13H2,1-3H3. The van der Waals surface area contributed by atoms with E-state index in [0.717, 1.165) is 5.92 Å². The molecule has 0 aliphatic heterocycles. The fourth-order valence-corrected chi connectivity index (χ4v) is 3.11. The largest absolute Gasteiger partial charge is 0.389 e. The molecule has 0 aromatic heterocycles. The zero-order valence-corrected chi connectivity index (χ0v) is 12.5. The summed E-state index contributed by atoms with van der Waals surface area (Å²) >= 11 is 0. The van der Waals surface area contributed by atoms with Crippen LogP contribution in [0, 0.1) is 0 Å². The smallest absolute Gasteiger partial charge is 0.0765 e. The van der Waals surface area contributed by atoms with Crippen LogP contribution in [0.2, 0.25) is 0 Å². The fraction of sp³-hybridized carbons (Fsp3) is 0.647. The van der Waals surface area contributed by atoms with Gasteiger partial charge in [0.15, 0.2) is 0 Å². The molecule has 1 saturated carbocycles. The predicted octanol–water partition coefficient (Wildman–Crippen LogP) is 3.94. The van der Waals surface area contributed by atoms with Gasteiger partial charge in [-0.1, -0.05) is 31.4 Å². The Morgan fingerprint density at radius 1 is 1.11 bits per heavy atom. The van der Waals surface area contributed by atoms with Crippen molar-refractivity contribution in [2.24, 2.45) is 0 Å². The van der Waals surface area contributed by atoms with E-state index >= 15 is 0 Å². The maximum atomic E-state index is 9.87. The Balaban J connectivity index is 2.01. The summed E-state index contributed by atoms with van der Waals surface area (Å²) in [5.41, 5.74) is 2.01. The van der Waals surface area contributed by atoms with Crippen LogP contribution < -0.4 is 4.90 Å². The Hall–Kier alpha value is -1.02. The van der Waals surface area contributed by atoms with Crippen molar-refractivity contribution in [3.05, 3.63) is 29.8 Å². The van der Waals surface area contributed by atoms with E-state index in [1.165, 1.54) is 43.4 Å². The number of likely N-dealkylation sites (N-methyl/N-ethyl adjacent to an activating group) is 1. The summed E-state index contributed by atoms with van der Waals surface area (Å²) in [6.07, 6.45) is 6.86. The second-order valence-electron chi connectivity index (χ2n) is 6.59. The number of hydrogen-bond acceptors (Lipinski definition) is 2. The lowest BCUT2D eigenvalue weighted by Crippen LogP contribution is -2.36. The summed E-state index contributed by atoms with van der Waals surface area (Å²) in [4.78, 5) is 2.12. The summed E-state index contributed by atoms with van der Waals surface area (Å²) in [5, 5.41) is 9.87. The van der Waals surface area contributed by atoms with Crippen LogP contribution in [0.3, 0.4) is 0 Å². The minimum atomic E-state index is -0.656. The van der Waals surface area contributed by atoms with Gasteiger partial charge in [0, 0.05) is 19.3 Å². The van der Waals surface area contributed by atoms with Gasteiger partial charge >= 0.3 is 0 Å². The van der Waals surface area contributed by atoms with Gasteiger partial charge in [-0.2, -0.15) is 0 Å². The maximum absolute atomic E-state index is 9.87. The highest BCUT2D eigenvalue weighted by atomic mass is 16.3. The van der Waals surface area contributed by atoms with E-state index in [1.807, 2.05) is 20.9 Å². The van der Waals surface area contributed by atoms with Gasteiger partial charge in [-0.05, 0) is 50.3 Å². The average molecular weight is 261 g/mol. The molecule has 0 spiro atoms. The molecule has 1 N–H and O–H groups in total. The van der Waals surface area contributed by atoms with Crippen molar-refractivity contribution in [1.82, 2.24) is 0 Å². The van der Waals surface area contributed by atoms with Crippen LogP contribution in [-0.4, -0.2) is 24.3 Å². The van der Waals surface area contributed by atoms with E-state index in [-0.39, 0.29) is 0 Å². The lowest BCUT2D eigenvalue weighted by Gasteiger charge is -2.28. The second kappa shape index (κ2) is 5.96. The molecule has 0 bridgehead atoms. The SMILES string of the molecule is CN(CC(C)(C)O)c1ccc(C2CCCCC2)cc1. The predicted molar refractivity (Wildman–Crippen MR) is 81.8 cm³/mol. The first-order valence-electron chi connectivity index (χ1n) is 7.49. The first kappa shape index (κ1) is 14.4. The molecule has 106 valence electrons. The monoisotopic (exact) mass is 261 g/mol. The lowest BCUT2D eigenvalue weighted by atomic mass is 9.84. The van der Waals surface area contributed by atoms with Gasteiger partial charge < -0.3 is 10.0 Å². The summed E-state index contributed by atoms with van der Waals surface area (Å²) in [7, 11) is 2.04. The molecule has 2 nitrogen and oxygen atoms in total. The number of aliphatic hydroxyl groups is 1. The van der Waals surface area contributed by atoms with Crippen LogP contribution in [0.4, 0.5) is 5.69 Å². The molecule has 1 aliphatic carbocycles. The lowest BCUT2D eigenvalue weighted by molar-refractivity contribution is 0.0886. The molecular formula is C17H27NO. The van der Waals surface area contributed by atoms with E-state index in [2.05, 4.69) is 29.2 Å². The summed E-state index contributed by atoms with van der Waals surface area (Å²) in [6.45, 7) is 4.34. The minimum absolute atomic E-state index is 0.649. The molecular weight excluding hydrogens is 234 g/mol. The number of benzene rings is 1. The Morgan fingerprint density at radius 2 is 1.68 bits per heavy atom. The molecule has 0 heterocycles. The van der Waals surface area contributed by atoms with E-state index < -0.39 is 5.60 Å². The van der Waals surface area contributed by atoms with Crippen LogP contribution in [0.15, 0.2) is 24.3 Å². The van der Waals surface area contributed by atoms with Crippen molar-refractivity contribution >= 4 is 5.69 Å². The van der Waals surface area contributed by atoms with Gasteiger partial charge in [0.2, 0.25) is 0 Å². The van der Waals surface area contributed by atoms with Crippen molar-refractivity contribution in [2.75, 3.05) is 18.5 Å². The topological polar surface area (TPSA) is 23.5 Å². The van der Waals surface area contributed by atoms with Crippen molar-refractivity contribution in [3.8, 4) is 0 Å². The van der Waals surface area contributed by atoms with Gasteiger partial charge in [0.25, 0.3) is 0 Å². The first-order chi connectivity index (χ1) is 8.96. The first-order valence-corrected chi connectivity index (χ1v) is 7.49. The normalized spacial score (nSPS) is 17.5. The highest BCUT2D eigenvalue weighted by Gasteiger charge is 2.17. The van der Waals surface area contributed by atoms with Crippen LogP contribution >= 0.6 is 0 Å². The molecule has 0 radical (unpaired) electrons. The summed E-state index contributed by atoms with van der Waals surface area (Å²) < 4.78 is 0. The fourth-order valence-electron chi connectivity index (χ4n) is 3.11. The van der Waals surface area contributed by atoms with Crippen LogP contribution in [0.1, 0.15) is 57.4 Å². The third-order valence-electron chi connectivity index (χ3n) is 4.03. The van der Waals surface area contributed by atoms with Gasteiger partial charge in [-0.25, -0.2) is 0 Å². The molecule has 1 fully saturated rings. The molecule has 2 rings (SSSR count). The van der Waals surface area contributed by atoms with Gasteiger partial charge in [-0.3, -0.25) is 0 Å².